The van der Waals surface area contributed by atoms with Crippen LogP contribution in [0.15, 0.2) is 45.4 Å². The van der Waals surface area contributed by atoms with Crippen LogP contribution in [0, 0.1) is 0 Å². The van der Waals surface area contributed by atoms with Crippen molar-refractivity contribution in [1.29, 1.82) is 0 Å². The normalized spacial score (nSPS) is 11.5. The quantitative estimate of drug-likeness (QED) is 0.845. The second-order valence-corrected chi connectivity index (χ2v) is 4.14. The lowest BCUT2D eigenvalue weighted by Crippen LogP contribution is -1.93. The maximum absolute atomic E-state index is 10.7. The summed E-state index contributed by atoms with van der Waals surface area (Å²) in [6.07, 6.45) is 9.58. The lowest BCUT2D eigenvalue weighted by atomic mass is 10.3. The number of ether oxygens (including phenoxy) is 1. The van der Waals surface area contributed by atoms with Crippen LogP contribution in [0.2, 0.25) is 0 Å². The second kappa shape index (κ2) is 8.63. The van der Waals surface area contributed by atoms with Gasteiger partial charge in [-0.05, 0) is 18.9 Å². The molecular weight excluding hydrogens is 270 g/mol. The SMILES string of the molecule is CC/C=C\C=C(\N)CC.COc1ccnc2[nH]c(=O)oc12. The number of aromatic nitrogens is 2. The molecular formula is C15H21N3O3. The number of fused-ring (bicyclic) bond motifs is 1. The highest BCUT2D eigenvalue weighted by molar-refractivity contribution is 5.74. The first-order chi connectivity index (χ1) is 10.1. The van der Waals surface area contributed by atoms with Crippen LogP contribution in [0.1, 0.15) is 26.7 Å². The molecule has 0 aliphatic carbocycles. The number of pyridine rings is 1. The number of allylic oxidation sites excluding steroid dienone is 4. The van der Waals surface area contributed by atoms with E-state index >= 15 is 0 Å². The summed E-state index contributed by atoms with van der Waals surface area (Å²) in [6, 6.07) is 1.62. The van der Waals surface area contributed by atoms with Crippen LogP contribution in [0.5, 0.6) is 5.75 Å². The molecule has 0 amide bonds. The molecule has 2 aromatic rings. The van der Waals surface area contributed by atoms with Crippen LogP contribution in [0.4, 0.5) is 0 Å². The fraction of sp³-hybridized carbons (Fsp3) is 0.333. The molecule has 0 unspecified atom stereocenters. The van der Waals surface area contributed by atoms with Gasteiger partial charge in [0.15, 0.2) is 11.4 Å². The summed E-state index contributed by atoms with van der Waals surface area (Å²) in [5.74, 6) is -0.0275. The van der Waals surface area contributed by atoms with Crippen molar-refractivity contribution in [1.82, 2.24) is 9.97 Å². The molecule has 0 bridgehead atoms. The molecule has 2 rings (SSSR count). The van der Waals surface area contributed by atoms with E-state index in [1.165, 1.54) is 13.3 Å². The fourth-order valence-corrected chi connectivity index (χ4v) is 1.44. The van der Waals surface area contributed by atoms with Crippen LogP contribution in [0.25, 0.3) is 11.2 Å². The van der Waals surface area contributed by atoms with Gasteiger partial charge in [0.25, 0.3) is 0 Å². The molecule has 0 saturated heterocycles. The number of aromatic amines is 1. The third-order valence-corrected chi connectivity index (χ3v) is 2.59. The van der Waals surface area contributed by atoms with E-state index in [9.17, 15) is 4.79 Å². The van der Waals surface area contributed by atoms with Crippen molar-refractivity contribution in [3.63, 3.8) is 0 Å². The van der Waals surface area contributed by atoms with Crippen molar-refractivity contribution in [3.8, 4) is 5.75 Å². The molecule has 6 nitrogen and oxygen atoms in total. The molecule has 0 spiro atoms. The van der Waals surface area contributed by atoms with Gasteiger partial charge in [0.05, 0.1) is 7.11 Å². The van der Waals surface area contributed by atoms with Gasteiger partial charge in [0.1, 0.15) is 0 Å². The molecule has 0 atom stereocenters. The first-order valence-corrected chi connectivity index (χ1v) is 6.75. The Kier molecular flexibility index (Phi) is 6.80. The number of hydrogen-bond acceptors (Lipinski definition) is 5. The van der Waals surface area contributed by atoms with Crippen LogP contribution in [-0.2, 0) is 0 Å². The van der Waals surface area contributed by atoms with Crippen molar-refractivity contribution in [2.45, 2.75) is 26.7 Å². The average Bonchev–Trinajstić information content (AvgIpc) is 2.88. The number of rotatable bonds is 4. The Morgan fingerprint density at radius 2 is 2.29 bits per heavy atom. The largest absolute Gasteiger partial charge is 0.493 e. The Morgan fingerprint density at radius 1 is 1.52 bits per heavy atom. The summed E-state index contributed by atoms with van der Waals surface area (Å²) < 4.78 is 9.74. The zero-order chi connectivity index (χ0) is 15.7. The van der Waals surface area contributed by atoms with Gasteiger partial charge in [0.2, 0.25) is 5.58 Å². The molecule has 114 valence electrons. The fourth-order valence-electron chi connectivity index (χ4n) is 1.44. The summed E-state index contributed by atoms with van der Waals surface area (Å²) >= 11 is 0. The Hall–Kier alpha value is -2.50. The Labute approximate surface area is 123 Å². The minimum Gasteiger partial charge on any atom is -0.493 e. The van der Waals surface area contributed by atoms with Crippen molar-refractivity contribution in [2.24, 2.45) is 5.73 Å². The van der Waals surface area contributed by atoms with Crippen molar-refractivity contribution in [3.05, 3.63) is 46.7 Å². The molecule has 0 saturated carbocycles. The predicted molar refractivity (Wildman–Crippen MR) is 83.2 cm³/mol. The van der Waals surface area contributed by atoms with Crippen LogP contribution in [-0.4, -0.2) is 17.1 Å². The molecule has 0 fully saturated rings. The van der Waals surface area contributed by atoms with Gasteiger partial charge in [-0.15, -0.1) is 0 Å². The van der Waals surface area contributed by atoms with E-state index in [0.717, 1.165) is 18.5 Å². The highest BCUT2D eigenvalue weighted by Crippen LogP contribution is 2.19. The van der Waals surface area contributed by atoms with Crippen LogP contribution >= 0.6 is 0 Å². The Morgan fingerprint density at radius 3 is 2.90 bits per heavy atom. The molecule has 0 radical (unpaired) electrons. The molecule has 0 aliphatic heterocycles. The molecule has 2 aromatic heterocycles. The Balaban J connectivity index is 0.000000222. The first kappa shape index (κ1) is 16.6. The maximum Gasteiger partial charge on any atom is 0.418 e. The minimum absolute atomic E-state index is 0.352. The lowest BCUT2D eigenvalue weighted by molar-refractivity contribution is 0.407. The first-order valence-electron chi connectivity index (χ1n) is 6.75. The zero-order valence-electron chi connectivity index (χ0n) is 12.6. The monoisotopic (exact) mass is 291 g/mol. The summed E-state index contributed by atoms with van der Waals surface area (Å²) in [5, 5.41) is 0. The highest BCUT2D eigenvalue weighted by atomic mass is 16.5. The van der Waals surface area contributed by atoms with Gasteiger partial charge in [-0.3, -0.25) is 4.98 Å². The van der Waals surface area contributed by atoms with Crippen molar-refractivity contribution < 1.29 is 9.15 Å². The van der Waals surface area contributed by atoms with Gasteiger partial charge in [-0.2, -0.15) is 0 Å². The number of oxazole rings is 1. The van der Waals surface area contributed by atoms with Crippen molar-refractivity contribution >= 4 is 11.2 Å². The smallest absolute Gasteiger partial charge is 0.418 e. The van der Waals surface area contributed by atoms with E-state index in [1.54, 1.807) is 6.07 Å². The zero-order valence-corrected chi connectivity index (χ0v) is 12.6. The van der Waals surface area contributed by atoms with E-state index in [-0.39, 0.29) is 0 Å². The van der Waals surface area contributed by atoms with E-state index in [0.29, 0.717) is 17.0 Å². The minimum atomic E-state index is -0.526. The lowest BCUT2D eigenvalue weighted by Gasteiger charge is -1.96. The second-order valence-electron chi connectivity index (χ2n) is 4.14. The third-order valence-electron chi connectivity index (χ3n) is 2.59. The van der Waals surface area contributed by atoms with Gasteiger partial charge >= 0.3 is 5.76 Å². The molecule has 6 heteroatoms. The standard InChI is InChI=1S/C8H15N.C7H6N2O3/c1-3-5-6-7-8(9)4-2;1-11-4-2-3-8-6-5(4)12-7(10)9-6/h5-7H,3-4,9H2,1-2H3;2-3H,1H3,(H,8,9,10)/b6-5-,8-7+;. The van der Waals surface area contributed by atoms with Gasteiger partial charge in [-0.1, -0.05) is 26.0 Å². The van der Waals surface area contributed by atoms with Gasteiger partial charge < -0.3 is 14.9 Å². The number of hydrogen-bond donors (Lipinski definition) is 2. The predicted octanol–water partition coefficient (Wildman–Crippen LogP) is 2.73. The van der Waals surface area contributed by atoms with Gasteiger partial charge in [0, 0.05) is 18.0 Å². The van der Waals surface area contributed by atoms with Crippen LogP contribution in [0.3, 0.4) is 0 Å². The summed E-state index contributed by atoms with van der Waals surface area (Å²) in [6.45, 7) is 4.15. The summed E-state index contributed by atoms with van der Waals surface area (Å²) in [5.41, 5.74) is 7.22. The molecule has 0 aromatic carbocycles. The number of methoxy groups -OCH3 is 1. The third kappa shape index (κ3) is 5.18. The van der Waals surface area contributed by atoms with E-state index in [2.05, 4.69) is 23.0 Å². The molecule has 2 heterocycles. The van der Waals surface area contributed by atoms with E-state index < -0.39 is 5.76 Å². The number of H-pyrrole nitrogens is 1. The number of nitrogens with two attached hydrogens (primary N) is 1. The molecule has 3 N–H and O–H groups in total. The average molecular weight is 291 g/mol. The summed E-state index contributed by atoms with van der Waals surface area (Å²) in [4.78, 5) is 17.0. The maximum atomic E-state index is 10.7. The highest BCUT2D eigenvalue weighted by Gasteiger charge is 2.06. The number of nitrogens with one attached hydrogen (secondary N) is 1. The van der Waals surface area contributed by atoms with Crippen LogP contribution < -0.4 is 16.2 Å². The van der Waals surface area contributed by atoms with E-state index in [1.807, 2.05) is 19.1 Å². The topological polar surface area (TPSA) is 94.1 Å². The van der Waals surface area contributed by atoms with Gasteiger partial charge in [-0.25, -0.2) is 9.78 Å². The summed E-state index contributed by atoms with van der Waals surface area (Å²) in [7, 11) is 1.50. The Bertz CT molecular complexity index is 668. The number of nitrogens with zero attached hydrogens (tertiary/aromatic N) is 1. The molecule has 0 aliphatic rings. The molecule has 21 heavy (non-hydrogen) atoms. The van der Waals surface area contributed by atoms with Crippen molar-refractivity contribution in [2.75, 3.05) is 7.11 Å². The van der Waals surface area contributed by atoms with E-state index in [4.69, 9.17) is 14.9 Å².